The van der Waals surface area contributed by atoms with Crippen LogP contribution in [0.2, 0.25) is 0 Å². The van der Waals surface area contributed by atoms with Crippen LogP contribution in [-0.4, -0.2) is 192 Å². The second-order valence-electron chi connectivity index (χ2n) is 26.8. The molecular formula is C73H88N22O5S. The lowest BCUT2D eigenvalue weighted by atomic mass is 9.97. The van der Waals surface area contributed by atoms with Gasteiger partial charge in [-0.2, -0.15) is 4.31 Å². The number of likely N-dealkylation sites (tertiary alicyclic amines) is 2. The molecule has 0 saturated carbocycles. The standard InChI is InChI=1S/C26H33N7O.C24H30N8O2S.C23H25N7O2/c1-16(2)33-10-8-19(9-11-33)13-34-26-22-17(3)6-5-7-20(22)12-21(32-26)18(4)31-25-23-24(28-14-27-23)29-15-30-25;1-16-5-4-6-18-13-20(17(2)29-24-22-23(26-14-25-22)27-15-28-24)30-19(21(16)18)7-8-31-9-11-32(12-10-31)35(3,33)34;1-14(28-22-20-21(25-12-24-20)26-13-27-22)19-11-16-5-3-4-6-18(16)23(29-19)32-17-7-9-30(10-8-17)15(2)31/h5-7,12,14-16,18-19H,8-11,13H2,1-4H3,(H2,27,28,29,30,31);4-6,13-15,17H,7-12H2,1-3H3,(H2,25,26,27,28,29);3-6,11-14,17H,7-10H2,1-2H3,(H2,24,25,26,27,28). The highest BCUT2D eigenvalue weighted by Gasteiger charge is 2.28. The van der Waals surface area contributed by atoms with E-state index in [9.17, 15) is 13.2 Å². The number of pyridine rings is 3. The summed E-state index contributed by atoms with van der Waals surface area (Å²) in [7, 11) is -3.13. The molecule has 3 atom stereocenters. The van der Waals surface area contributed by atoms with Gasteiger partial charge < -0.3 is 55.1 Å². The number of hydrogen-bond acceptors (Lipinski definition) is 22. The molecule has 3 aliphatic heterocycles. The smallest absolute Gasteiger partial charge is 0.221 e. The molecule has 15 rings (SSSR count). The van der Waals surface area contributed by atoms with Gasteiger partial charge in [0.15, 0.2) is 34.4 Å². The lowest BCUT2D eigenvalue weighted by Crippen LogP contribution is -2.48. The van der Waals surface area contributed by atoms with Crippen LogP contribution in [0.3, 0.4) is 0 Å². The first-order chi connectivity index (χ1) is 48.9. The molecule has 0 spiro atoms. The third kappa shape index (κ3) is 16.2. The normalized spacial score (nSPS) is 16.3. The largest absolute Gasteiger partial charge is 0.477 e. The molecule has 3 unspecified atom stereocenters. The lowest BCUT2D eigenvalue weighted by molar-refractivity contribution is -0.130. The van der Waals surface area contributed by atoms with Crippen molar-refractivity contribution in [3.8, 4) is 11.8 Å². The summed E-state index contributed by atoms with van der Waals surface area (Å²) < 4.78 is 38.0. The molecule has 12 aromatic rings. The molecule has 0 aliphatic carbocycles. The van der Waals surface area contributed by atoms with Gasteiger partial charge in [0.1, 0.15) is 41.6 Å². The van der Waals surface area contributed by atoms with E-state index >= 15 is 0 Å². The number of H-pyrrole nitrogens is 3. The molecule has 3 aliphatic rings. The fourth-order valence-electron chi connectivity index (χ4n) is 13.6. The summed E-state index contributed by atoms with van der Waals surface area (Å²) in [5.74, 6) is 4.10. The zero-order valence-electron chi connectivity index (χ0n) is 58.6. The van der Waals surface area contributed by atoms with Gasteiger partial charge in [0, 0.05) is 94.2 Å². The quantitative estimate of drug-likeness (QED) is 0.0438. The van der Waals surface area contributed by atoms with Crippen LogP contribution in [0.15, 0.2) is 117 Å². The fraction of sp³-hybridized carbons (Fsp3) is 0.411. The average molecular weight is 1390 g/mol. The van der Waals surface area contributed by atoms with E-state index in [-0.39, 0.29) is 30.1 Å². The zero-order chi connectivity index (χ0) is 70.3. The molecule has 28 heteroatoms. The third-order valence-corrected chi connectivity index (χ3v) is 20.8. The molecule has 3 saturated heterocycles. The number of amides is 1. The van der Waals surface area contributed by atoms with Gasteiger partial charge >= 0.3 is 0 Å². The summed E-state index contributed by atoms with van der Waals surface area (Å²) in [6.45, 7) is 24.4. The lowest BCUT2D eigenvalue weighted by Gasteiger charge is -2.34. The van der Waals surface area contributed by atoms with Crippen LogP contribution in [-0.2, 0) is 21.2 Å². The number of hydrogen-bond donors (Lipinski definition) is 6. The Bertz CT molecular complexity index is 4980. The summed E-state index contributed by atoms with van der Waals surface area (Å²) >= 11 is 0. The minimum absolute atomic E-state index is 0.0338. The second kappa shape index (κ2) is 30.8. The van der Waals surface area contributed by atoms with Gasteiger partial charge in [0.05, 0.1) is 72.7 Å². The number of piperazine rings is 1. The molecular weight excluding hydrogens is 1300 g/mol. The van der Waals surface area contributed by atoms with Gasteiger partial charge in [-0.1, -0.05) is 54.6 Å². The maximum atomic E-state index is 11.8. The first-order valence-corrected chi connectivity index (χ1v) is 36.6. The number of aryl methyl sites for hydroxylation is 2. The van der Waals surface area contributed by atoms with Crippen molar-refractivity contribution in [1.29, 1.82) is 0 Å². The summed E-state index contributed by atoms with van der Waals surface area (Å²) in [5, 5.41) is 17.0. The van der Waals surface area contributed by atoms with E-state index in [0.29, 0.717) is 85.0 Å². The first kappa shape index (κ1) is 69.3. The predicted octanol–water partition coefficient (Wildman–Crippen LogP) is 10.8. The number of sulfonamides is 1. The van der Waals surface area contributed by atoms with Crippen LogP contribution < -0.4 is 25.4 Å². The topological polar surface area (TPSA) is 321 Å². The van der Waals surface area contributed by atoms with Crippen LogP contribution >= 0.6 is 0 Å². The number of fused-ring (bicyclic) bond motifs is 6. The van der Waals surface area contributed by atoms with E-state index < -0.39 is 10.0 Å². The summed E-state index contributed by atoms with van der Waals surface area (Å²) in [6.07, 6.45) is 15.4. The highest BCUT2D eigenvalue weighted by Crippen LogP contribution is 2.35. The second-order valence-corrected chi connectivity index (χ2v) is 28.8. The van der Waals surface area contributed by atoms with Crippen molar-refractivity contribution >= 4 is 99.2 Å². The van der Waals surface area contributed by atoms with Crippen molar-refractivity contribution < 1.29 is 22.7 Å². The van der Waals surface area contributed by atoms with Gasteiger partial charge in [-0.3, -0.25) is 9.78 Å². The number of nitrogens with one attached hydrogen (secondary N) is 6. The summed E-state index contributed by atoms with van der Waals surface area (Å²) in [6, 6.07) is 27.4. The fourth-order valence-corrected chi connectivity index (χ4v) is 14.4. The van der Waals surface area contributed by atoms with Gasteiger partial charge in [0.25, 0.3) is 0 Å². The van der Waals surface area contributed by atoms with Crippen LogP contribution in [0.4, 0.5) is 17.5 Å². The number of aromatic amines is 3. The summed E-state index contributed by atoms with van der Waals surface area (Å²) in [4.78, 5) is 80.9. The molecule has 1 amide bonds. The highest BCUT2D eigenvalue weighted by molar-refractivity contribution is 7.88. The molecule has 101 heavy (non-hydrogen) atoms. The predicted molar refractivity (Wildman–Crippen MR) is 393 cm³/mol. The number of nitrogens with zero attached hydrogens (tertiary/aromatic N) is 16. The van der Waals surface area contributed by atoms with E-state index in [2.05, 4.69) is 188 Å². The van der Waals surface area contributed by atoms with Crippen molar-refractivity contribution in [2.45, 2.75) is 118 Å². The minimum Gasteiger partial charge on any atom is -0.477 e. The number of carbonyl (C=O) groups excluding carboxylic acids is 1. The third-order valence-electron chi connectivity index (χ3n) is 19.5. The molecule has 9 aromatic heterocycles. The molecule has 6 N–H and O–H groups in total. The Hall–Kier alpha value is -10.2. The summed E-state index contributed by atoms with van der Waals surface area (Å²) in [5.41, 5.74) is 10.3. The monoisotopic (exact) mass is 1380 g/mol. The number of rotatable bonds is 19. The van der Waals surface area contributed by atoms with Crippen LogP contribution in [0, 0.1) is 19.8 Å². The number of anilines is 3. The number of ether oxygens (including phenoxy) is 2. The minimum atomic E-state index is -3.13. The van der Waals surface area contributed by atoms with Crippen molar-refractivity contribution in [2.75, 3.05) is 87.7 Å². The zero-order valence-corrected chi connectivity index (χ0v) is 59.5. The van der Waals surface area contributed by atoms with Crippen molar-refractivity contribution in [3.63, 3.8) is 0 Å². The number of carbonyl (C=O) groups is 1. The van der Waals surface area contributed by atoms with Crippen molar-refractivity contribution in [2.24, 2.45) is 5.92 Å². The Kier molecular flexibility index (Phi) is 21.1. The van der Waals surface area contributed by atoms with Gasteiger partial charge in [-0.05, 0) is 132 Å². The van der Waals surface area contributed by atoms with Crippen LogP contribution in [0.1, 0.15) is 119 Å². The van der Waals surface area contributed by atoms with E-state index in [1.54, 1.807) is 30.2 Å². The first-order valence-electron chi connectivity index (χ1n) is 34.7. The Morgan fingerprint density at radius 3 is 1.57 bits per heavy atom. The Morgan fingerprint density at radius 2 is 1.05 bits per heavy atom. The number of benzene rings is 3. The molecule has 526 valence electrons. The van der Waals surface area contributed by atoms with Gasteiger partial charge in [0.2, 0.25) is 27.7 Å². The Balaban J connectivity index is 0.000000136. The van der Waals surface area contributed by atoms with Crippen LogP contribution in [0.25, 0.3) is 65.8 Å². The molecule has 3 aromatic carbocycles. The average Bonchev–Trinajstić information content (AvgIpc) is 1.41. The molecule has 0 bridgehead atoms. The highest BCUT2D eigenvalue weighted by atomic mass is 32.2. The van der Waals surface area contributed by atoms with Crippen molar-refractivity contribution in [1.82, 2.24) is 93.8 Å². The van der Waals surface area contributed by atoms with Crippen molar-refractivity contribution in [3.05, 3.63) is 151 Å². The Labute approximate surface area is 586 Å². The van der Waals surface area contributed by atoms with E-state index in [0.717, 1.165) is 124 Å². The van der Waals surface area contributed by atoms with E-state index in [4.69, 9.17) is 24.4 Å². The van der Waals surface area contributed by atoms with Gasteiger partial charge in [-0.25, -0.2) is 63.2 Å². The Morgan fingerprint density at radius 1 is 0.564 bits per heavy atom. The van der Waals surface area contributed by atoms with Crippen LogP contribution in [0.5, 0.6) is 11.8 Å². The van der Waals surface area contributed by atoms with E-state index in [1.165, 1.54) is 54.6 Å². The van der Waals surface area contributed by atoms with Gasteiger partial charge in [-0.15, -0.1) is 0 Å². The molecule has 0 radical (unpaired) electrons. The number of piperidine rings is 2. The maximum absolute atomic E-state index is 11.8. The number of aromatic nitrogens is 15. The molecule has 3 fully saturated rings. The maximum Gasteiger partial charge on any atom is 0.221 e. The number of imidazole rings is 3. The molecule has 12 heterocycles. The molecule has 27 nitrogen and oxygen atoms in total. The van der Waals surface area contributed by atoms with E-state index in [1.807, 2.05) is 30.0 Å². The SMILES string of the molecule is CC(=O)N1CCC(Oc2nc(C(C)Nc3ncnc4nc[nH]c34)cc3ccccc23)CC1.Cc1cccc2cc(C(C)Nc3ncnc4nc[nH]c34)nc(CCN3CCN(S(C)(=O)=O)CC3)c12.Cc1cccc2cc(C(C)Nc3ncnc4nc[nH]c34)nc(OCC3CCN(C(C)C)CC3)c12.